The Balaban J connectivity index is 2.21. The lowest BCUT2D eigenvalue weighted by Gasteiger charge is -2.25. The molecule has 1 heterocycles. The molecule has 0 saturated carbocycles. The Morgan fingerprint density at radius 2 is 2.20 bits per heavy atom. The molecular weight excluding hydrogens is 206 g/mol. The zero-order valence-corrected chi connectivity index (χ0v) is 9.83. The maximum absolute atomic E-state index is 9.09. The second-order valence-corrected chi connectivity index (χ2v) is 4.97. The minimum atomic E-state index is 0.231. The molecule has 2 nitrogen and oxygen atoms in total. The highest BCUT2D eigenvalue weighted by atomic mass is 32.2. The Labute approximate surface area is 95.3 Å². The first-order valence-corrected chi connectivity index (χ1v) is 6.38. The molecule has 2 rings (SSSR count). The fourth-order valence-corrected chi connectivity index (χ4v) is 3.45. The smallest absolute Gasteiger partial charge is 0.0798 e. The third-order valence-electron chi connectivity index (χ3n) is 2.66. The van der Waals surface area contributed by atoms with Crippen LogP contribution in [0, 0.1) is 0 Å². The Kier molecular flexibility index (Phi) is 3.54. The third-order valence-corrected chi connectivity index (χ3v) is 4.02. The van der Waals surface area contributed by atoms with Gasteiger partial charge in [-0.3, -0.25) is 0 Å². The Morgan fingerprint density at radius 3 is 2.93 bits per heavy atom. The Bertz CT molecular complexity index is 329. The van der Waals surface area contributed by atoms with Crippen molar-refractivity contribution in [3.8, 4) is 0 Å². The average Bonchev–Trinajstić information content (AvgIpc) is 2.59. The molecule has 0 aliphatic carbocycles. The SMILES string of the molecule is CCCC1Sc2ccccc2N1CCO. The largest absolute Gasteiger partial charge is 0.395 e. The maximum Gasteiger partial charge on any atom is 0.0798 e. The molecule has 1 aromatic carbocycles. The number of anilines is 1. The molecule has 1 unspecified atom stereocenters. The highest BCUT2D eigenvalue weighted by molar-refractivity contribution is 8.00. The van der Waals surface area contributed by atoms with Gasteiger partial charge in [-0.25, -0.2) is 0 Å². The van der Waals surface area contributed by atoms with Crippen LogP contribution in [0.2, 0.25) is 0 Å². The van der Waals surface area contributed by atoms with E-state index in [1.54, 1.807) is 0 Å². The number of para-hydroxylation sites is 1. The molecule has 1 atom stereocenters. The van der Waals surface area contributed by atoms with Crippen molar-refractivity contribution >= 4 is 17.4 Å². The van der Waals surface area contributed by atoms with Crippen LogP contribution in [0.4, 0.5) is 5.69 Å². The summed E-state index contributed by atoms with van der Waals surface area (Å²) in [6.45, 7) is 3.18. The van der Waals surface area contributed by atoms with Gasteiger partial charge in [0.25, 0.3) is 0 Å². The quantitative estimate of drug-likeness (QED) is 0.849. The van der Waals surface area contributed by atoms with Crippen molar-refractivity contribution < 1.29 is 5.11 Å². The average molecular weight is 223 g/mol. The molecule has 1 aliphatic heterocycles. The van der Waals surface area contributed by atoms with Crippen LogP contribution in [-0.4, -0.2) is 23.6 Å². The third kappa shape index (κ3) is 2.13. The van der Waals surface area contributed by atoms with Crippen LogP contribution in [0.15, 0.2) is 29.2 Å². The van der Waals surface area contributed by atoms with Gasteiger partial charge in [0.2, 0.25) is 0 Å². The molecular formula is C12H17NOS. The molecule has 1 aromatic rings. The fourth-order valence-electron chi connectivity index (χ4n) is 1.99. The number of β-amino-alcohol motifs (C(OH)–C–C–N with tert-alkyl or cyclic N) is 1. The van der Waals surface area contributed by atoms with Crippen LogP contribution in [0.3, 0.4) is 0 Å². The first kappa shape index (κ1) is 10.8. The standard InChI is InChI=1S/C12H17NOS/c1-2-5-12-13(8-9-14)10-6-3-4-7-11(10)15-12/h3-4,6-7,12,14H,2,5,8-9H2,1H3. The minimum absolute atomic E-state index is 0.231. The van der Waals surface area contributed by atoms with Crippen molar-refractivity contribution in [3.63, 3.8) is 0 Å². The summed E-state index contributed by atoms with van der Waals surface area (Å²) in [6, 6.07) is 8.46. The first-order chi connectivity index (χ1) is 7.36. The molecule has 3 heteroatoms. The van der Waals surface area contributed by atoms with Gasteiger partial charge in [0.15, 0.2) is 0 Å². The van der Waals surface area contributed by atoms with Gasteiger partial charge in [-0.05, 0) is 18.6 Å². The van der Waals surface area contributed by atoms with Crippen molar-refractivity contribution in [2.45, 2.75) is 30.0 Å². The topological polar surface area (TPSA) is 23.5 Å². The summed E-state index contributed by atoms with van der Waals surface area (Å²) >= 11 is 1.92. The van der Waals surface area contributed by atoms with Crippen LogP contribution in [-0.2, 0) is 0 Å². The highest BCUT2D eigenvalue weighted by Gasteiger charge is 2.28. The van der Waals surface area contributed by atoms with E-state index in [0.717, 1.165) is 6.54 Å². The molecule has 0 saturated heterocycles. The van der Waals surface area contributed by atoms with Gasteiger partial charge in [-0.2, -0.15) is 0 Å². The predicted molar refractivity (Wildman–Crippen MR) is 65.4 cm³/mol. The van der Waals surface area contributed by atoms with Gasteiger partial charge >= 0.3 is 0 Å². The maximum atomic E-state index is 9.09. The zero-order valence-electron chi connectivity index (χ0n) is 9.02. The number of fused-ring (bicyclic) bond motifs is 1. The van der Waals surface area contributed by atoms with Crippen molar-refractivity contribution in [1.82, 2.24) is 0 Å². The zero-order chi connectivity index (χ0) is 10.7. The van der Waals surface area contributed by atoms with E-state index in [1.165, 1.54) is 23.4 Å². The molecule has 0 fully saturated rings. The number of benzene rings is 1. The van der Waals surface area contributed by atoms with E-state index in [0.29, 0.717) is 5.37 Å². The Hall–Kier alpha value is -0.670. The summed E-state index contributed by atoms with van der Waals surface area (Å²) in [5.74, 6) is 0. The fraction of sp³-hybridized carbons (Fsp3) is 0.500. The molecule has 15 heavy (non-hydrogen) atoms. The first-order valence-electron chi connectivity index (χ1n) is 5.50. The molecule has 0 amide bonds. The van der Waals surface area contributed by atoms with Crippen molar-refractivity contribution in [2.24, 2.45) is 0 Å². The molecule has 0 spiro atoms. The molecule has 0 bridgehead atoms. The summed E-state index contributed by atoms with van der Waals surface area (Å²) in [4.78, 5) is 3.67. The van der Waals surface area contributed by atoms with Crippen LogP contribution < -0.4 is 4.90 Å². The van der Waals surface area contributed by atoms with Crippen molar-refractivity contribution in [1.29, 1.82) is 0 Å². The van der Waals surface area contributed by atoms with E-state index in [2.05, 4.69) is 36.1 Å². The van der Waals surface area contributed by atoms with Gasteiger partial charge in [0.05, 0.1) is 17.7 Å². The van der Waals surface area contributed by atoms with E-state index in [-0.39, 0.29) is 6.61 Å². The lowest BCUT2D eigenvalue weighted by atomic mass is 10.2. The molecule has 0 aromatic heterocycles. The van der Waals surface area contributed by atoms with E-state index in [1.807, 2.05) is 11.8 Å². The molecule has 82 valence electrons. The highest BCUT2D eigenvalue weighted by Crippen LogP contribution is 2.44. The number of rotatable bonds is 4. The van der Waals surface area contributed by atoms with Gasteiger partial charge in [0, 0.05) is 11.4 Å². The van der Waals surface area contributed by atoms with Crippen LogP contribution >= 0.6 is 11.8 Å². The van der Waals surface area contributed by atoms with E-state index in [9.17, 15) is 0 Å². The van der Waals surface area contributed by atoms with E-state index < -0.39 is 0 Å². The molecule has 1 aliphatic rings. The van der Waals surface area contributed by atoms with Gasteiger partial charge < -0.3 is 10.0 Å². The molecule has 1 N–H and O–H groups in total. The van der Waals surface area contributed by atoms with E-state index in [4.69, 9.17) is 5.11 Å². The predicted octanol–water partition coefficient (Wildman–Crippen LogP) is 2.72. The second-order valence-electron chi connectivity index (χ2n) is 3.75. The summed E-state index contributed by atoms with van der Waals surface area (Å²) < 4.78 is 0. The normalized spacial score (nSPS) is 19.3. The number of aliphatic hydroxyl groups excluding tert-OH is 1. The lowest BCUT2D eigenvalue weighted by Crippen LogP contribution is -2.31. The van der Waals surface area contributed by atoms with E-state index >= 15 is 0 Å². The summed E-state index contributed by atoms with van der Waals surface area (Å²) in [5.41, 5.74) is 1.29. The van der Waals surface area contributed by atoms with Crippen LogP contribution in [0.25, 0.3) is 0 Å². The Morgan fingerprint density at radius 1 is 1.40 bits per heavy atom. The number of nitrogens with zero attached hydrogens (tertiary/aromatic N) is 1. The van der Waals surface area contributed by atoms with Gasteiger partial charge in [-0.15, -0.1) is 0 Å². The second kappa shape index (κ2) is 4.90. The van der Waals surface area contributed by atoms with Crippen molar-refractivity contribution in [2.75, 3.05) is 18.1 Å². The minimum Gasteiger partial charge on any atom is -0.395 e. The lowest BCUT2D eigenvalue weighted by molar-refractivity contribution is 0.300. The monoisotopic (exact) mass is 223 g/mol. The van der Waals surface area contributed by atoms with Crippen LogP contribution in [0.5, 0.6) is 0 Å². The number of hydrogen-bond acceptors (Lipinski definition) is 3. The number of thioether (sulfide) groups is 1. The van der Waals surface area contributed by atoms with Gasteiger partial charge in [0.1, 0.15) is 0 Å². The van der Waals surface area contributed by atoms with Crippen LogP contribution in [0.1, 0.15) is 19.8 Å². The number of aliphatic hydroxyl groups is 1. The number of hydrogen-bond donors (Lipinski definition) is 1. The summed E-state index contributed by atoms with van der Waals surface area (Å²) in [7, 11) is 0. The molecule has 0 radical (unpaired) electrons. The summed E-state index contributed by atoms with van der Waals surface area (Å²) in [5, 5.41) is 9.60. The summed E-state index contributed by atoms with van der Waals surface area (Å²) in [6.07, 6.45) is 2.37. The van der Waals surface area contributed by atoms with Gasteiger partial charge in [-0.1, -0.05) is 37.2 Å². The van der Waals surface area contributed by atoms with Crippen molar-refractivity contribution in [3.05, 3.63) is 24.3 Å².